The summed E-state index contributed by atoms with van der Waals surface area (Å²) >= 11 is 0. The second-order valence-corrected chi connectivity index (χ2v) is 6.98. The zero-order valence-corrected chi connectivity index (χ0v) is 16.1. The van der Waals surface area contributed by atoms with Crippen LogP contribution in [0.2, 0.25) is 0 Å². The van der Waals surface area contributed by atoms with E-state index in [1.165, 1.54) is 0 Å². The first-order valence-electron chi connectivity index (χ1n) is 8.97. The number of urea groups is 1. The number of methoxy groups -OCH3 is 1. The van der Waals surface area contributed by atoms with Gasteiger partial charge in [0, 0.05) is 30.4 Å². The van der Waals surface area contributed by atoms with Crippen LogP contribution < -0.4 is 20.3 Å². The number of rotatable bonds is 4. The van der Waals surface area contributed by atoms with E-state index in [0.717, 1.165) is 28.1 Å². The second kappa shape index (κ2) is 7.70. The van der Waals surface area contributed by atoms with E-state index in [1.807, 2.05) is 57.2 Å². The van der Waals surface area contributed by atoms with Crippen molar-refractivity contribution in [2.24, 2.45) is 0 Å². The number of ether oxygens (including phenoxy) is 1. The first kappa shape index (κ1) is 18.8. The Hall–Kier alpha value is -3.02. The lowest BCUT2D eigenvalue weighted by molar-refractivity contribution is -0.117. The van der Waals surface area contributed by atoms with Gasteiger partial charge in [-0.15, -0.1) is 0 Å². The standard InChI is InChI=1S/C21H25N3O3/c1-13-8-14(2)20(15(3)9-13)23-21(26)22-16-10-19(25)24(12-16)17-6-5-7-18(11-17)27-4/h5-9,11,16H,10,12H2,1-4H3,(H2,22,23,26). The molecule has 0 bridgehead atoms. The van der Waals surface area contributed by atoms with Crippen LogP contribution in [0.4, 0.5) is 16.2 Å². The monoisotopic (exact) mass is 367 g/mol. The molecule has 0 aromatic heterocycles. The number of carbonyl (C=O) groups is 2. The summed E-state index contributed by atoms with van der Waals surface area (Å²) in [7, 11) is 1.59. The lowest BCUT2D eigenvalue weighted by Crippen LogP contribution is -2.40. The molecule has 27 heavy (non-hydrogen) atoms. The smallest absolute Gasteiger partial charge is 0.319 e. The summed E-state index contributed by atoms with van der Waals surface area (Å²) in [6.45, 7) is 6.41. The molecule has 6 nitrogen and oxygen atoms in total. The molecule has 0 saturated carbocycles. The lowest BCUT2D eigenvalue weighted by Gasteiger charge is -2.19. The third kappa shape index (κ3) is 4.22. The molecule has 1 fully saturated rings. The largest absolute Gasteiger partial charge is 0.497 e. The summed E-state index contributed by atoms with van der Waals surface area (Å²) in [6.07, 6.45) is 0.274. The highest BCUT2D eigenvalue weighted by atomic mass is 16.5. The quantitative estimate of drug-likeness (QED) is 0.868. The van der Waals surface area contributed by atoms with Crippen LogP contribution in [0.15, 0.2) is 36.4 Å². The molecular formula is C21H25N3O3. The maximum Gasteiger partial charge on any atom is 0.319 e. The van der Waals surface area contributed by atoms with Crippen molar-refractivity contribution in [3.63, 3.8) is 0 Å². The average molecular weight is 367 g/mol. The van der Waals surface area contributed by atoms with E-state index < -0.39 is 0 Å². The highest BCUT2D eigenvalue weighted by molar-refractivity contribution is 5.98. The number of hydrogen-bond donors (Lipinski definition) is 2. The van der Waals surface area contributed by atoms with Crippen LogP contribution in [-0.2, 0) is 4.79 Å². The molecule has 3 amide bonds. The van der Waals surface area contributed by atoms with E-state index >= 15 is 0 Å². The number of carbonyl (C=O) groups excluding carboxylic acids is 2. The SMILES string of the molecule is COc1cccc(N2CC(NC(=O)Nc3c(C)cc(C)cc3C)CC2=O)c1. The number of aryl methyl sites for hydroxylation is 3. The van der Waals surface area contributed by atoms with Crippen LogP contribution >= 0.6 is 0 Å². The zero-order valence-electron chi connectivity index (χ0n) is 16.1. The summed E-state index contributed by atoms with van der Waals surface area (Å²) in [5.41, 5.74) is 4.78. The predicted octanol–water partition coefficient (Wildman–Crippen LogP) is 3.55. The van der Waals surface area contributed by atoms with Crippen LogP contribution in [-0.4, -0.2) is 31.6 Å². The van der Waals surface area contributed by atoms with Crippen LogP contribution in [0.3, 0.4) is 0 Å². The number of nitrogens with zero attached hydrogens (tertiary/aromatic N) is 1. The molecule has 1 atom stereocenters. The maximum atomic E-state index is 12.4. The van der Waals surface area contributed by atoms with Crippen LogP contribution in [0.1, 0.15) is 23.1 Å². The maximum absolute atomic E-state index is 12.4. The minimum atomic E-state index is -0.296. The molecule has 2 aromatic rings. The molecule has 1 unspecified atom stereocenters. The number of hydrogen-bond acceptors (Lipinski definition) is 3. The molecular weight excluding hydrogens is 342 g/mol. The van der Waals surface area contributed by atoms with Gasteiger partial charge in [-0.1, -0.05) is 23.8 Å². The third-order valence-corrected chi connectivity index (χ3v) is 4.74. The molecule has 1 aliphatic heterocycles. The van der Waals surface area contributed by atoms with Gasteiger partial charge in [-0.2, -0.15) is 0 Å². The molecule has 1 saturated heterocycles. The molecule has 1 aliphatic rings. The number of amides is 3. The molecule has 142 valence electrons. The molecule has 0 spiro atoms. The summed E-state index contributed by atoms with van der Waals surface area (Å²) in [5, 5.41) is 5.83. The van der Waals surface area contributed by atoms with E-state index in [0.29, 0.717) is 12.3 Å². The van der Waals surface area contributed by atoms with E-state index in [-0.39, 0.29) is 24.4 Å². The molecule has 0 radical (unpaired) electrons. The normalized spacial score (nSPS) is 16.4. The fourth-order valence-corrected chi connectivity index (χ4v) is 3.54. The van der Waals surface area contributed by atoms with Gasteiger partial charge < -0.3 is 20.3 Å². The zero-order chi connectivity index (χ0) is 19.6. The highest BCUT2D eigenvalue weighted by Gasteiger charge is 2.31. The fraction of sp³-hybridized carbons (Fsp3) is 0.333. The van der Waals surface area contributed by atoms with Gasteiger partial charge in [0.1, 0.15) is 5.75 Å². The van der Waals surface area contributed by atoms with Crippen LogP contribution in [0.25, 0.3) is 0 Å². The Labute approximate surface area is 159 Å². The van der Waals surface area contributed by atoms with Crippen molar-refractivity contribution in [3.05, 3.63) is 53.1 Å². The highest BCUT2D eigenvalue weighted by Crippen LogP contribution is 2.26. The molecule has 3 rings (SSSR count). The topological polar surface area (TPSA) is 70.7 Å². The number of anilines is 2. The number of benzene rings is 2. The van der Waals surface area contributed by atoms with Crippen molar-refractivity contribution in [2.75, 3.05) is 23.9 Å². The summed E-state index contributed by atoms with van der Waals surface area (Å²) in [4.78, 5) is 26.5. The Bertz CT molecular complexity index is 856. The van der Waals surface area contributed by atoms with Gasteiger partial charge in [-0.25, -0.2) is 4.79 Å². The molecule has 2 aromatic carbocycles. The van der Waals surface area contributed by atoms with Gasteiger partial charge in [0.2, 0.25) is 5.91 Å². The minimum Gasteiger partial charge on any atom is -0.497 e. The number of nitrogens with one attached hydrogen (secondary N) is 2. The summed E-state index contributed by atoms with van der Waals surface area (Å²) in [6, 6.07) is 10.9. The summed E-state index contributed by atoms with van der Waals surface area (Å²) in [5.74, 6) is 0.677. The molecule has 1 heterocycles. The third-order valence-electron chi connectivity index (χ3n) is 4.74. The fourth-order valence-electron chi connectivity index (χ4n) is 3.54. The van der Waals surface area contributed by atoms with Crippen molar-refractivity contribution < 1.29 is 14.3 Å². The predicted molar refractivity (Wildman–Crippen MR) is 107 cm³/mol. The van der Waals surface area contributed by atoms with E-state index in [1.54, 1.807) is 12.0 Å². The van der Waals surface area contributed by atoms with Crippen molar-refractivity contribution in [1.29, 1.82) is 0 Å². The van der Waals surface area contributed by atoms with Crippen LogP contribution in [0.5, 0.6) is 5.75 Å². The van der Waals surface area contributed by atoms with Crippen molar-refractivity contribution in [3.8, 4) is 5.75 Å². The Kier molecular flexibility index (Phi) is 5.35. The van der Waals surface area contributed by atoms with Gasteiger partial charge in [-0.3, -0.25) is 4.79 Å². The second-order valence-electron chi connectivity index (χ2n) is 6.98. The van der Waals surface area contributed by atoms with Gasteiger partial charge in [0.25, 0.3) is 0 Å². The van der Waals surface area contributed by atoms with Gasteiger partial charge in [0.05, 0.1) is 13.2 Å². The Balaban J connectivity index is 1.65. The van der Waals surface area contributed by atoms with E-state index in [2.05, 4.69) is 10.6 Å². The van der Waals surface area contributed by atoms with Crippen molar-refractivity contribution in [1.82, 2.24) is 5.32 Å². The first-order valence-corrected chi connectivity index (χ1v) is 8.97. The van der Waals surface area contributed by atoms with Crippen LogP contribution in [0, 0.1) is 20.8 Å². The van der Waals surface area contributed by atoms with Crippen molar-refractivity contribution in [2.45, 2.75) is 33.2 Å². The summed E-state index contributed by atoms with van der Waals surface area (Å²) < 4.78 is 5.22. The average Bonchev–Trinajstić information content (AvgIpc) is 2.98. The Morgan fingerprint density at radius 3 is 2.52 bits per heavy atom. The molecule has 2 N–H and O–H groups in total. The Morgan fingerprint density at radius 1 is 1.15 bits per heavy atom. The lowest BCUT2D eigenvalue weighted by atomic mass is 10.1. The first-order chi connectivity index (χ1) is 12.9. The minimum absolute atomic E-state index is 0.0174. The van der Waals surface area contributed by atoms with Gasteiger partial charge in [-0.05, 0) is 44.0 Å². The Morgan fingerprint density at radius 2 is 1.85 bits per heavy atom. The van der Waals surface area contributed by atoms with Crippen molar-refractivity contribution >= 4 is 23.3 Å². The van der Waals surface area contributed by atoms with Gasteiger partial charge in [0.15, 0.2) is 0 Å². The molecule has 0 aliphatic carbocycles. The van der Waals surface area contributed by atoms with E-state index in [9.17, 15) is 9.59 Å². The molecule has 6 heteroatoms. The van der Waals surface area contributed by atoms with Gasteiger partial charge >= 0.3 is 6.03 Å². The van der Waals surface area contributed by atoms with E-state index in [4.69, 9.17) is 4.74 Å².